The lowest BCUT2D eigenvalue weighted by Gasteiger charge is -2.32. The monoisotopic (exact) mass is 238 g/mol. The van der Waals surface area contributed by atoms with Crippen molar-refractivity contribution in [3.63, 3.8) is 0 Å². The molecule has 0 fully saturated rings. The standard InChI is InChI=1S/C15H14N2O/c18-13-7-3-6-11-15(13)14-9-4-1-2-5-10(9)17-12(14)8-16-11/h1-6,12,14,16-17H,7-8H2. The van der Waals surface area contributed by atoms with Crippen LogP contribution >= 0.6 is 0 Å². The van der Waals surface area contributed by atoms with Crippen molar-refractivity contribution >= 4 is 11.5 Å². The smallest absolute Gasteiger partial charge is 0.165 e. The van der Waals surface area contributed by atoms with Crippen LogP contribution in [0.4, 0.5) is 5.69 Å². The van der Waals surface area contributed by atoms with Crippen LogP contribution < -0.4 is 10.6 Å². The number of allylic oxidation sites excluding steroid dienone is 2. The number of Topliss-reactive ketones (excluding diaryl/α,β-unsaturated/α-hetero) is 1. The number of nitrogens with one attached hydrogen (secondary N) is 2. The van der Waals surface area contributed by atoms with Crippen LogP contribution in [0.25, 0.3) is 0 Å². The molecular weight excluding hydrogens is 224 g/mol. The van der Waals surface area contributed by atoms with Gasteiger partial charge in [0.25, 0.3) is 0 Å². The minimum Gasteiger partial charge on any atom is -0.383 e. The highest BCUT2D eigenvalue weighted by atomic mass is 16.1. The quantitative estimate of drug-likeness (QED) is 0.726. The zero-order valence-electron chi connectivity index (χ0n) is 9.94. The van der Waals surface area contributed by atoms with E-state index in [0.29, 0.717) is 12.5 Å². The number of carbonyl (C=O) groups excluding carboxylic acids is 1. The number of anilines is 1. The maximum absolute atomic E-state index is 12.2. The molecule has 1 aromatic rings. The van der Waals surface area contributed by atoms with Crippen LogP contribution in [0.5, 0.6) is 0 Å². The van der Waals surface area contributed by atoms with E-state index in [1.807, 2.05) is 24.3 Å². The first kappa shape index (κ1) is 9.95. The lowest BCUT2D eigenvalue weighted by atomic mass is 9.79. The molecule has 2 unspecified atom stereocenters. The summed E-state index contributed by atoms with van der Waals surface area (Å²) in [4.78, 5) is 12.2. The van der Waals surface area contributed by atoms with Gasteiger partial charge in [0, 0.05) is 35.8 Å². The summed E-state index contributed by atoms with van der Waals surface area (Å²) in [6.07, 6.45) is 4.53. The minimum absolute atomic E-state index is 0.217. The Morgan fingerprint density at radius 3 is 3.06 bits per heavy atom. The minimum atomic E-state index is 0.217. The van der Waals surface area contributed by atoms with Crippen LogP contribution in [0.15, 0.2) is 47.7 Å². The zero-order valence-corrected chi connectivity index (χ0v) is 9.94. The van der Waals surface area contributed by atoms with E-state index >= 15 is 0 Å². The van der Waals surface area contributed by atoms with Crippen molar-refractivity contribution in [3.05, 3.63) is 53.3 Å². The van der Waals surface area contributed by atoms with Crippen LogP contribution in [0.3, 0.4) is 0 Å². The zero-order chi connectivity index (χ0) is 12.1. The summed E-state index contributed by atoms with van der Waals surface area (Å²) in [6.45, 7) is 0.871. The molecule has 3 aliphatic rings. The van der Waals surface area contributed by atoms with Crippen LogP contribution in [0.2, 0.25) is 0 Å². The predicted molar refractivity (Wildman–Crippen MR) is 70.4 cm³/mol. The van der Waals surface area contributed by atoms with Crippen molar-refractivity contribution in [2.24, 2.45) is 0 Å². The fraction of sp³-hybridized carbons (Fsp3) is 0.267. The number of hydrogen-bond acceptors (Lipinski definition) is 3. The van der Waals surface area contributed by atoms with Gasteiger partial charge < -0.3 is 10.6 Å². The van der Waals surface area contributed by atoms with E-state index in [0.717, 1.165) is 17.8 Å². The first-order chi connectivity index (χ1) is 8.84. The number of fused-ring (bicyclic) bond motifs is 4. The van der Waals surface area contributed by atoms with Crippen molar-refractivity contribution in [1.29, 1.82) is 0 Å². The lowest BCUT2D eigenvalue weighted by molar-refractivity contribution is -0.115. The molecule has 0 aromatic heterocycles. The molecule has 0 bridgehead atoms. The number of para-hydroxylation sites is 1. The van der Waals surface area contributed by atoms with Crippen molar-refractivity contribution in [2.45, 2.75) is 18.4 Å². The average Bonchev–Trinajstić information content (AvgIpc) is 2.77. The molecule has 2 aliphatic heterocycles. The van der Waals surface area contributed by atoms with Crippen LogP contribution in [-0.4, -0.2) is 18.4 Å². The number of ketones is 1. The lowest BCUT2D eigenvalue weighted by Crippen LogP contribution is -2.41. The Morgan fingerprint density at radius 1 is 1.22 bits per heavy atom. The van der Waals surface area contributed by atoms with Gasteiger partial charge in [-0.05, 0) is 17.7 Å². The first-order valence-electron chi connectivity index (χ1n) is 6.38. The second-order valence-corrected chi connectivity index (χ2v) is 5.05. The van der Waals surface area contributed by atoms with E-state index < -0.39 is 0 Å². The van der Waals surface area contributed by atoms with Gasteiger partial charge in [-0.15, -0.1) is 0 Å². The molecule has 1 aromatic carbocycles. The Hall–Kier alpha value is -2.03. The van der Waals surface area contributed by atoms with Crippen LogP contribution in [0, 0.1) is 0 Å². The first-order valence-corrected chi connectivity index (χ1v) is 6.38. The van der Waals surface area contributed by atoms with E-state index in [1.54, 1.807) is 0 Å². The van der Waals surface area contributed by atoms with Crippen molar-refractivity contribution in [2.75, 3.05) is 11.9 Å². The van der Waals surface area contributed by atoms with E-state index in [-0.39, 0.29) is 11.7 Å². The molecule has 4 rings (SSSR count). The molecule has 0 saturated heterocycles. The molecule has 18 heavy (non-hydrogen) atoms. The molecule has 0 saturated carbocycles. The Bertz CT molecular complexity index is 600. The number of benzene rings is 1. The highest BCUT2D eigenvalue weighted by molar-refractivity contribution is 6.01. The van der Waals surface area contributed by atoms with Gasteiger partial charge in [0.2, 0.25) is 0 Å². The molecule has 2 heterocycles. The third-order valence-electron chi connectivity index (χ3n) is 4.04. The van der Waals surface area contributed by atoms with Gasteiger partial charge in [-0.3, -0.25) is 4.79 Å². The summed E-state index contributed by atoms with van der Waals surface area (Å²) < 4.78 is 0. The van der Waals surface area contributed by atoms with Gasteiger partial charge in [-0.1, -0.05) is 24.3 Å². The molecule has 3 nitrogen and oxygen atoms in total. The van der Waals surface area contributed by atoms with Gasteiger partial charge in [0.05, 0.1) is 6.04 Å². The number of hydrogen-bond donors (Lipinski definition) is 2. The summed E-state index contributed by atoms with van der Waals surface area (Å²) in [5.41, 5.74) is 4.42. The Kier molecular flexibility index (Phi) is 1.92. The van der Waals surface area contributed by atoms with Gasteiger partial charge in [-0.2, -0.15) is 0 Å². The topological polar surface area (TPSA) is 41.1 Å². The second-order valence-electron chi connectivity index (χ2n) is 5.05. The van der Waals surface area contributed by atoms with Crippen molar-refractivity contribution in [1.82, 2.24) is 5.32 Å². The summed E-state index contributed by atoms with van der Waals surface area (Å²) in [5.74, 6) is 0.475. The predicted octanol–water partition coefficient (Wildman–Crippen LogP) is 1.95. The molecule has 90 valence electrons. The normalized spacial score (nSPS) is 28.1. The summed E-state index contributed by atoms with van der Waals surface area (Å²) in [7, 11) is 0. The highest BCUT2D eigenvalue weighted by Crippen LogP contribution is 2.44. The summed E-state index contributed by atoms with van der Waals surface area (Å²) >= 11 is 0. The maximum atomic E-state index is 12.2. The van der Waals surface area contributed by atoms with Gasteiger partial charge in [-0.25, -0.2) is 0 Å². The SMILES string of the molecule is O=C1CC=CC2=C1C1c3ccccc3NC1CN2. The van der Waals surface area contributed by atoms with Gasteiger partial charge >= 0.3 is 0 Å². The summed E-state index contributed by atoms with van der Waals surface area (Å²) in [6, 6.07) is 8.62. The van der Waals surface area contributed by atoms with Gasteiger partial charge in [0.15, 0.2) is 5.78 Å². The molecule has 3 heteroatoms. The van der Waals surface area contributed by atoms with E-state index in [2.05, 4.69) is 22.8 Å². The Balaban J connectivity index is 1.90. The molecule has 0 amide bonds. The third kappa shape index (κ3) is 1.22. The molecule has 2 N–H and O–H groups in total. The van der Waals surface area contributed by atoms with Crippen molar-refractivity contribution < 1.29 is 4.79 Å². The van der Waals surface area contributed by atoms with Gasteiger partial charge in [0.1, 0.15) is 0 Å². The largest absolute Gasteiger partial charge is 0.383 e. The fourth-order valence-electron chi connectivity index (χ4n) is 3.27. The molecule has 1 aliphatic carbocycles. The van der Waals surface area contributed by atoms with E-state index in [9.17, 15) is 4.79 Å². The molecule has 2 atom stereocenters. The molecule has 0 radical (unpaired) electrons. The molecular formula is C15H14N2O. The van der Waals surface area contributed by atoms with Crippen molar-refractivity contribution in [3.8, 4) is 0 Å². The average molecular weight is 238 g/mol. The highest BCUT2D eigenvalue weighted by Gasteiger charge is 2.41. The Labute approximate surface area is 106 Å². The molecule has 0 spiro atoms. The fourth-order valence-corrected chi connectivity index (χ4v) is 3.27. The maximum Gasteiger partial charge on any atom is 0.165 e. The van der Waals surface area contributed by atoms with E-state index in [1.165, 1.54) is 11.3 Å². The Morgan fingerprint density at radius 2 is 2.11 bits per heavy atom. The van der Waals surface area contributed by atoms with Crippen LogP contribution in [-0.2, 0) is 4.79 Å². The number of carbonyl (C=O) groups is 1. The van der Waals surface area contributed by atoms with Crippen LogP contribution in [0.1, 0.15) is 17.9 Å². The number of rotatable bonds is 0. The second kappa shape index (κ2) is 3.48. The third-order valence-corrected chi connectivity index (χ3v) is 4.04. The van der Waals surface area contributed by atoms with E-state index in [4.69, 9.17) is 0 Å². The summed E-state index contributed by atoms with van der Waals surface area (Å²) in [5, 5.41) is 6.88.